The molecule has 0 atom stereocenters. The van der Waals surface area contributed by atoms with Gasteiger partial charge in [0.25, 0.3) is 0 Å². The van der Waals surface area contributed by atoms with Gasteiger partial charge in [-0.05, 0) is 29.5 Å². The third-order valence-electron chi connectivity index (χ3n) is 3.50. The number of carbonyl (C=O) groups excluding carboxylic acids is 1. The largest absolute Gasteiger partial charge is 0.326 e. The molecule has 1 aliphatic heterocycles. The number of hydrogen-bond acceptors (Lipinski definition) is 2. The number of benzene rings is 1. The molecule has 1 aliphatic rings. The first-order valence-electron chi connectivity index (χ1n) is 6.50. The summed E-state index contributed by atoms with van der Waals surface area (Å²) in [5.74, 6) is 0.257. The summed E-state index contributed by atoms with van der Waals surface area (Å²) in [5.41, 5.74) is 3.50. The minimum Gasteiger partial charge on any atom is -0.326 e. The van der Waals surface area contributed by atoms with Crippen molar-refractivity contribution < 1.29 is 4.79 Å². The van der Waals surface area contributed by atoms with E-state index in [0.29, 0.717) is 0 Å². The predicted octanol–water partition coefficient (Wildman–Crippen LogP) is 2.45. The summed E-state index contributed by atoms with van der Waals surface area (Å²) in [7, 11) is 0. The highest BCUT2D eigenvalue weighted by Gasteiger charge is 2.25. The van der Waals surface area contributed by atoms with Gasteiger partial charge in [-0.25, -0.2) is 0 Å². The van der Waals surface area contributed by atoms with E-state index >= 15 is 0 Å². The van der Waals surface area contributed by atoms with Crippen molar-refractivity contribution in [3.05, 3.63) is 29.3 Å². The fourth-order valence-corrected chi connectivity index (χ4v) is 1.98. The van der Waals surface area contributed by atoms with Crippen LogP contribution < -0.4 is 10.6 Å². The second-order valence-electron chi connectivity index (χ2n) is 6.12. The number of anilines is 1. The van der Waals surface area contributed by atoms with Crippen LogP contribution >= 0.6 is 0 Å². The molecule has 3 nitrogen and oxygen atoms in total. The van der Waals surface area contributed by atoms with Crippen molar-refractivity contribution in [3.63, 3.8) is 0 Å². The average molecular weight is 246 g/mol. The minimum absolute atomic E-state index is 0.125. The van der Waals surface area contributed by atoms with Gasteiger partial charge in [0.15, 0.2) is 0 Å². The molecule has 0 saturated carbocycles. The Morgan fingerprint density at radius 2 is 2.00 bits per heavy atom. The van der Waals surface area contributed by atoms with Crippen LogP contribution in [0.4, 0.5) is 5.69 Å². The summed E-state index contributed by atoms with van der Waals surface area (Å²) in [6.07, 6.45) is 0. The zero-order chi connectivity index (χ0) is 13.3. The van der Waals surface area contributed by atoms with Gasteiger partial charge in [-0.3, -0.25) is 4.79 Å². The SMILES string of the molecule is Cc1cc(C(C)(C)C)ccc1NC(=O)C1CNC1. The third-order valence-corrected chi connectivity index (χ3v) is 3.50. The van der Waals surface area contributed by atoms with Gasteiger partial charge in [0, 0.05) is 18.8 Å². The lowest BCUT2D eigenvalue weighted by molar-refractivity contribution is -0.121. The molecule has 0 aliphatic carbocycles. The maximum absolute atomic E-state index is 11.9. The second-order valence-corrected chi connectivity index (χ2v) is 6.12. The first kappa shape index (κ1) is 13.1. The molecule has 2 rings (SSSR count). The van der Waals surface area contributed by atoms with E-state index in [4.69, 9.17) is 0 Å². The van der Waals surface area contributed by atoms with Crippen molar-refractivity contribution in [2.24, 2.45) is 5.92 Å². The van der Waals surface area contributed by atoms with E-state index in [1.54, 1.807) is 0 Å². The first-order chi connectivity index (χ1) is 8.38. The zero-order valence-corrected chi connectivity index (χ0v) is 11.6. The first-order valence-corrected chi connectivity index (χ1v) is 6.50. The van der Waals surface area contributed by atoms with Crippen LogP contribution in [0, 0.1) is 12.8 Å². The van der Waals surface area contributed by atoms with E-state index in [-0.39, 0.29) is 17.2 Å². The number of rotatable bonds is 2. The lowest BCUT2D eigenvalue weighted by atomic mass is 9.86. The van der Waals surface area contributed by atoms with E-state index < -0.39 is 0 Å². The Morgan fingerprint density at radius 3 is 2.44 bits per heavy atom. The highest BCUT2D eigenvalue weighted by atomic mass is 16.2. The Bertz CT molecular complexity index is 456. The lowest BCUT2D eigenvalue weighted by Crippen LogP contribution is -2.48. The van der Waals surface area contributed by atoms with Gasteiger partial charge in [0.1, 0.15) is 0 Å². The molecular formula is C15H22N2O. The summed E-state index contributed by atoms with van der Waals surface area (Å²) in [4.78, 5) is 11.9. The molecule has 1 fully saturated rings. The smallest absolute Gasteiger partial charge is 0.230 e. The highest BCUT2D eigenvalue weighted by Crippen LogP contribution is 2.26. The Kier molecular flexibility index (Phi) is 3.44. The Morgan fingerprint density at radius 1 is 1.33 bits per heavy atom. The van der Waals surface area contributed by atoms with E-state index in [0.717, 1.165) is 24.3 Å². The van der Waals surface area contributed by atoms with Crippen LogP contribution in [-0.4, -0.2) is 19.0 Å². The van der Waals surface area contributed by atoms with E-state index in [1.165, 1.54) is 5.56 Å². The normalized spacial score (nSPS) is 16.2. The van der Waals surface area contributed by atoms with Crippen LogP contribution in [0.3, 0.4) is 0 Å². The molecule has 1 amide bonds. The quantitative estimate of drug-likeness (QED) is 0.841. The zero-order valence-electron chi connectivity index (χ0n) is 11.6. The van der Waals surface area contributed by atoms with Crippen LogP contribution in [0.2, 0.25) is 0 Å². The predicted molar refractivity (Wildman–Crippen MR) is 74.9 cm³/mol. The van der Waals surface area contributed by atoms with Crippen molar-refractivity contribution >= 4 is 11.6 Å². The number of aryl methyl sites for hydroxylation is 1. The van der Waals surface area contributed by atoms with Crippen LogP contribution in [0.5, 0.6) is 0 Å². The topological polar surface area (TPSA) is 41.1 Å². The fourth-order valence-electron chi connectivity index (χ4n) is 1.98. The molecule has 0 unspecified atom stereocenters. The Hall–Kier alpha value is -1.35. The molecule has 1 aromatic rings. The molecule has 0 radical (unpaired) electrons. The van der Waals surface area contributed by atoms with Crippen molar-refractivity contribution in [1.29, 1.82) is 0 Å². The van der Waals surface area contributed by atoms with E-state index in [1.807, 2.05) is 13.0 Å². The Labute approximate surface area is 109 Å². The molecule has 1 heterocycles. The Balaban J connectivity index is 2.12. The molecule has 0 spiro atoms. The van der Waals surface area contributed by atoms with Gasteiger partial charge in [-0.2, -0.15) is 0 Å². The standard InChI is InChI=1S/C15H22N2O/c1-10-7-12(15(2,3)4)5-6-13(10)17-14(18)11-8-16-9-11/h5-7,11,16H,8-9H2,1-4H3,(H,17,18). The van der Waals surface area contributed by atoms with Crippen molar-refractivity contribution in [2.45, 2.75) is 33.1 Å². The van der Waals surface area contributed by atoms with Crippen molar-refractivity contribution in [2.75, 3.05) is 18.4 Å². The molecule has 98 valence electrons. The molecule has 18 heavy (non-hydrogen) atoms. The highest BCUT2D eigenvalue weighted by molar-refractivity contribution is 5.94. The fraction of sp³-hybridized carbons (Fsp3) is 0.533. The number of nitrogens with one attached hydrogen (secondary N) is 2. The monoisotopic (exact) mass is 246 g/mol. The van der Waals surface area contributed by atoms with Crippen LogP contribution in [0.25, 0.3) is 0 Å². The average Bonchev–Trinajstić information content (AvgIpc) is 2.16. The molecule has 0 bridgehead atoms. The van der Waals surface area contributed by atoms with Crippen molar-refractivity contribution in [3.8, 4) is 0 Å². The number of hydrogen-bond donors (Lipinski definition) is 2. The van der Waals surface area contributed by atoms with Crippen LogP contribution in [0.15, 0.2) is 18.2 Å². The summed E-state index contributed by atoms with van der Waals surface area (Å²) >= 11 is 0. The van der Waals surface area contributed by atoms with Gasteiger partial charge in [0.05, 0.1) is 5.92 Å². The maximum atomic E-state index is 11.9. The molecule has 1 saturated heterocycles. The summed E-state index contributed by atoms with van der Waals surface area (Å²) in [5, 5.41) is 6.12. The molecule has 0 aromatic heterocycles. The third kappa shape index (κ3) is 2.72. The van der Waals surface area contributed by atoms with Gasteiger partial charge in [-0.1, -0.05) is 32.9 Å². The van der Waals surface area contributed by atoms with Crippen molar-refractivity contribution in [1.82, 2.24) is 5.32 Å². The molecule has 2 N–H and O–H groups in total. The van der Waals surface area contributed by atoms with Gasteiger partial charge >= 0.3 is 0 Å². The van der Waals surface area contributed by atoms with Gasteiger partial charge in [-0.15, -0.1) is 0 Å². The summed E-state index contributed by atoms with van der Waals surface area (Å²) in [6, 6.07) is 6.27. The molecular weight excluding hydrogens is 224 g/mol. The van der Waals surface area contributed by atoms with E-state index in [9.17, 15) is 4.79 Å². The maximum Gasteiger partial charge on any atom is 0.230 e. The summed E-state index contributed by atoms with van der Waals surface area (Å²) in [6.45, 7) is 10.2. The number of amides is 1. The molecule has 3 heteroatoms. The van der Waals surface area contributed by atoms with Gasteiger partial charge in [0.2, 0.25) is 5.91 Å². The lowest BCUT2D eigenvalue weighted by Gasteiger charge is -2.26. The minimum atomic E-state index is 0.125. The number of carbonyl (C=O) groups is 1. The van der Waals surface area contributed by atoms with Gasteiger partial charge < -0.3 is 10.6 Å². The summed E-state index contributed by atoms with van der Waals surface area (Å²) < 4.78 is 0. The van der Waals surface area contributed by atoms with Crippen LogP contribution in [0.1, 0.15) is 31.9 Å². The second kappa shape index (κ2) is 4.73. The van der Waals surface area contributed by atoms with Crippen LogP contribution in [-0.2, 0) is 10.2 Å². The van der Waals surface area contributed by atoms with E-state index in [2.05, 4.69) is 43.5 Å². The molecule has 1 aromatic carbocycles.